The van der Waals surface area contributed by atoms with Gasteiger partial charge in [-0.3, -0.25) is 9.48 Å². The number of piperidine rings is 1. The SMILES string of the molecule is O=C(NCCC1CCOCC1)C1(n2cccn2)CCNCC1. The zero-order chi connectivity index (χ0) is 15.3. The molecular weight excluding hydrogens is 280 g/mol. The Kier molecular flexibility index (Phi) is 5.10. The van der Waals surface area contributed by atoms with Gasteiger partial charge in [-0.05, 0) is 57.2 Å². The summed E-state index contributed by atoms with van der Waals surface area (Å²) in [5.41, 5.74) is -0.523. The molecule has 6 nitrogen and oxygen atoms in total. The van der Waals surface area contributed by atoms with E-state index in [9.17, 15) is 4.79 Å². The normalized spacial score (nSPS) is 22.4. The second kappa shape index (κ2) is 7.24. The molecule has 2 aliphatic heterocycles. The lowest BCUT2D eigenvalue weighted by Crippen LogP contribution is -2.54. The van der Waals surface area contributed by atoms with Gasteiger partial charge in [0.2, 0.25) is 5.91 Å². The van der Waals surface area contributed by atoms with Gasteiger partial charge in [0.15, 0.2) is 0 Å². The zero-order valence-electron chi connectivity index (χ0n) is 13.1. The van der Waals surface area contributed by atoms with Gasteiger partial charge in [-0.2, -0.15) is 5.10 Å². The molecule has 2 aliphatic rings. The van der Waals surface area contributed by atoms with E-state index in [2.05, 4.69) is 15.7 Å². The van der Waals surface area contributed by atoms with E-state index >= 15 is 0 Å². The summed E-state index contributed by atoms with van der Waals surface area (Å²) in [7, 11) is 0. The summed E-state index contributed by atoms with van der Waals surface area (Å²) in [6.45, 7) is 4.18. The van der Waals surface area contributed by atoms with Crippen molar-refractivity contribution in [3.63, 3.8) is 0 Å². The highest BCUT2D eigenvalue weighted by molar-refractivity contribution is 5.84. The smallest absolute Gasteiger partial charge is 0.248 e. The molecule has 0 bridgehead atoms. The van der Waals surface area contributed by atoms with Crippen molar-refractivity contribution in [3.8, 4) is 0 Å². The third-order valence-electron chi connectivity index (χ3n) is 4.98. The number of hydrogen-bond donors (Lipinski definition) is 2. The van der Waals surface area contributed by atoms with Crippen molar-refractivity contribution in [2.45, 2.75) is 37.6 Å². The first kappa shape index (κ1) is 15.5. The van der Waals surface area contributed by atoms with E-state index in [1.165, 1.54) is 0 Å². The van der Waals surface area contributed by atoms with Gasteiger partial charge in [-0.1, -0.05) is 0 Å². The molecular formula is C16H26N4O2. The molecule has 1 amide bonds. The van der Waals surface area contributed by atoms with Gasteiger partial charge in [0.05, 0.1) is 0 Å². The van der Waals surface area contributed by atoms with Gasteiger partial charge < -0.3 is 15.4 Å². The average molecular weight is 306 g/mol. The van der Waals surface area contributed by atoms with Crippen LogP contribution in [-0.2, 0) is 15.1 Å². The molecule has 0 atom stereocenters. The largest absolute Gasteiger partial charge is 0.381 e. The third kappa shape index (κ3) is 3.33. The van der Waals surface area contributed by atoms with Crippen LogP contribution >= 0.6 is 0 Å². The number of nitrogens with one attached hydrogen (secondary N) is 2. The number of rotatable bonds is 5. The Morgan fingerprint density at radius 3 is 2.82 bits per heavy atom. The minimum Gasteiger partial charge on any atom is -0.381 e. The Balaban J connectivity index is 1.58. The van der Waals surface area contributed by atoms with E-state index in [-0.39, 0.29) is 5.91 Å². The molecule has 0 spiro atoms. The minimum absolute atomic E-state index is 0.116. The fourth-order valence-corrected chi connectivity index (χ4v) is 3.51. The van der Waals surface area contributed by atoms with Crippen molar-refractivity contribution in [3.05, 3.63) is 18.5 Å². The van der Waals surface area contributed by atoms with E-state index in [1.807, 2.05) is 16.9 Å². The number of carbonyl (C=O) groups is 1. The van der Waals surface area contributed by atoms with Crippen LogP contribution in [0, 0.1) is 5.92 Å². The summed E-state index contributed by atoms with van der Waals surface area (Å²) < 4.78 is 7.23. The highest BCUT2D eigenvalue weighted by Gasteiger charge is 2.41. The van der Waals surface area contributed by atoms with Crippen LogP contribution in [0.5, 0.6) is 0 Å². The van der Waals surface area contributed by atoms with Gasteiger partial charge in [-0.25, -0.2) is 0 Å². The molecule has 2 saturated heterocycles. The Hall–Kier alpha value is -1.40. The highest BCUT2D eigenvalue weighted by Crippen LogP contribution is 2.27. The molecule has 0 aromatic carbocycles. The van der Waals surface area contributed by atoms with Crippen LogP contribution in [0.3, 0.4) is 0 Å². The van der Waals surface area contributed by atoms with Crippen molar-refractivity contribution >= 4 is 5.91 Å². The molecule has 1 aromatic rings. The second-order valence-electron chi connectivity index (χ2n) is 6.33. The molecule has 0 aliphatic carbocycles. The number of aromatic nitrogens is 2. The van der Waals surface area contributed by atoms with Crippen LogP contribution in [-0.4, -0.2) is 48.5 Å². The maximum Gasteiger partial charge on any atom is 0.248 e. The molecule has 0 radical (unpaired) electrons. The Bertz CT molecular complexity index is 463. The van der Waals surface area contributed by atoms with Crippen molar-refractivity contribution in [2.24, 2.45) is 5.92 Å². The van der Waals surface area contributed by atoms with E-state index < -0.39 is 5.54 Å². The molecule has 122 valence electrons. The predicted octanol–water partition coefficient (Wildman–Crippen LogP) is 0.895. The molecule has 0 unspecified atom stereocenters. The standard InChI is InChI=1S/C16H26N4O2/c21-15(18-8-2-14-3-12-22-13-4-14)16(5-9-17-10-6-16)20-11-1-7-19-20/h1,7,11,14,17H,2-6,8-10,12-13H2,(H,18,21). The summed E-state index contributed by atoms with van der Waals surface area (Å²) in [6, 6.07) is 1.89. The number of nitrogens with zero attached hydrogens (tertiary/aromatic N) is 2. The predicted molar refractivity (Wildman–Crippen MR) is 83.5 cm³/mol. The Morgan fingerprint density at radius 2 is 2.14 bits per heavy atom. The first-order chi connectivity index (χ1) is 10.8. The number of hydrogen-bond acceptors (Lipinski definition) is 4. The number of amides is 1. The fraction of sp³-hybridized carbons (Fsp3) is 0.750. The molecule has 3 rings (SSSR count). The Morgan fingerprint density at radius 1 is 1.36 bits per heavy atom. The molecule has 22 heavy (non-hydrogen) atoms. The van der Waals surface area contributed by atoms with E-state index in [0.29, 0.717) is 5.92 Å². The summed E-state index contributed by atoms with van der Waals surface area (Å²) in [5.74, 6) is 0.799. The third-order valence-corrected chi connectivity index (χ3v) is 4.98. The zero-order valence-corrected chi connectivity index (χ0v) is 13.1. The summed E-state index contributed by atoms with van der Waals surface area (Å²) in [5, 5.41) is 10.8. The first-order valence-electron chi connectivity index (χ1n) is 8.38. The average Bonchev–Trinajstić information content (AvgIpc) is 3.11. The first-order valence-corrected chi connectivity index (χ1v) is 8.38. The maximum atomic E-state index is 12.8. The quantitative estimate of drug-likeness (QED) is 0.848. The maximum absolute atomic E-state index is 12.8. The lowest BCUT2D eigenvalue weighted by atomic mass is 9.87. The highest BCUT2D eigenvalue weighted by atomic mass is 16.5. The number of carbonyl (C=O) groups excluding carboxylic acids is 1. The molecule has 2 N–H and O–H groups in total. The minimum atomic E-state index is -0.523. The Labute approximate surface area is 131 Å². The lowest BCUT2D eigenvalue weighted by Gasteiger charge is -2.36. The molecule has 6 heteroatoms. The monoisotopic (exact) mass is 306 g/mol. The lowest BCUT2D eigenvalue weighted by molar-refractivity contribution is -0.132. The molecule has 0 saturated carbocycles. The summed E-state index contributed by atoms with van der Waals surface area (Å²) >= 11 is 0. The van der Waals surface area contributed by atoms with Crippen LogP contribution in [0.4, 0.5) is 0 Å². The van der Waals surface area contributed by atoms with Crippen molar-refractivity contribution in [2.75, 3.05) is 32.8 Å². The van der Waals surface area contributed by atoms with E-state index in [1.54, 1.807) is 6.20 Å². The van der Waals surface area contributed by atoms with Gasteiger partial charge in [0.25, 0.3) is 0 Å². The van der Waals surface area contributed by atoms with Crippen LogP contribution in [0.2, 0.25) is 0 Å². The molecule has 2 fully saturated rings. The van der Waals surface area contributed by atoms with Crippen molar-refractivity contribution in [1.29, 1.82) is 0 Å². The number of ether oxygens (including phenoxy) is 1. The van der Waals surface area contributed by atoms with Crippen LogP contribution in [0.1, 0.15) is 32.1 Å². The summed E-state index contributed by atoms with van der Waals surface area (Å²) in [6.07, 6.45) is 8.51. The van der Waals surface area contributed by atoms with E-state index in [0.717, 1.165) is 65.0 Å². The van der Waals surface area contributed by atoms with Gasteiger partial charge in [0, 0.05) is 32.2 Å². The molecule has 3 heterocycles. The van der Waals surface area contributed by atoms with Crippen LogP contribution in [0.15, 0.2) is 18.5 Å². The molecule has 1 aromatic heterocycles. The van der Waals surface area contributed by atoms with Gasteiger partial charge in [-0.15, -0.1) is 0 Å². The van der Waals surface area contributed by atoms with Gasteiger partial charge >= 0.3 is 0 Å². The topological polar surface area (TPSA) is 68.2 Å². The van der Waals surface area contributed by atoms with Gasteiger partial charge in [0.1, 0.15) is 5.54 Å². The van der Waals surface area contributed by atoms with E-state index in [4.69, 9.17) is 4.74 Å². The van der Waals surface area contributed by atoms with Crippen molar-refractivity contribution in [1.82, 2.24) is 20.4 Å². The van der Waals surface area contributed by atoms with Crippen LogP contribution < -0.4 is 10.6 Å². The summed E-state index contributed by atoms with van der Waals surface area (Å²) in [4.78, 5) is 12.8. The fourth-order valence-electron chi connectivity index (χ4n) is 3.51. The van der Waals surface area contributed by atoms with Crippen molar-refractivity contribution < 1.29 is 9.53 Å². The van der Waals surface area contributed by atoms with Crippen LogP contribution in [0.25, 0.3) is 0 Å². The second-order valence-corrected chi connectivity index (χ2v) is 6.33.